The van der Waals surface area contributed by atoms with Crippen LogP contribution in [0.25, 0.3) is 0 Å². The first kappa shape index (κ1) is 13.5. The lowest BCUT2D eigenvalue weighted by atomic mass is 10.2. The number of nitrogens with zero attached hydrogens (tertiary/aromatic N) is 2. The van der Waals surface area contributed by atoms with Crippen LogP contribution in [0.2, 0.25) is 0 Å². The highest BCUT2D eigenvalue weighted by atomic mass is 16.5. The zero-order chi connectivity index (χ0) is 13.7. The normalized spacial score (nSPS) is 18.2. The number of rotatable bonds is 5. The molecule has 0 spiro atoms. The molecule has 1 unspecified atom stereocenters. The summed E-state index contributed by atoms with van der Waals surface area (Å²) < 4.78 is 10.6. The summed E-state index contributed by atoms with van der Waals surface area (Å²) in [4.78, 5) is 2.29. The van der Waals surface area contributed by atoms with Crippen molar-refractivity contribution in [2.75, 3.05) is 38.8 Å². The van der Waals surface area contributed by atoms with Crippen molar-refractivity contribution >= 4 is 5.69 Å². The predicted molar refractivity (Wildman–Crippen MR) is 73.8 cm³/mol. The fourth-order valence-corrected chi connectivity index (χ4v) is 2.37. The van der Waals surface area contributed by atoms with E-state index in [0.29, 0.717) is 12.6 Å². The zero-order valence-electron chi connectivity index (χ0n) is 11.3. The van der Waals surface area contributed by atoms with Crippen LogP contribution in [-0.2, 0) is 0 Å². The number of nitrogens with one attached hydrogen (secondary N) is 1. The highest BCUT2D eigenvalue weighted by Gasteiger charge is 2.22. The van der Waals surface area contributed by atoms with Crippen LogP contribution >= 0.6 is 0 Å². The van der Waals surface area contributed by atoms with Gasteiger partial charge in [-0.1, -0.05) is 0 Å². The Morgan fingerprint density at radius 3 is 2.84 bits per heavy atom. The first-order valence-electron chi connectivity index (χ1n) is 6.35. The maximum absolute atomic E-state index is 8.58. The van der Waals surface area contributed by atoms with Gasteiger partial charge >= 0.3 is 0 Å². The van der Waals surface area contributed by atoms with Gasteiger partial charge in [0.25, 0.3) is 0 Å². The van der Waals surface area contributed by atoms with Crippen molar-refractivity contribution in [3.63, 3.8) is 0 Å². The molecule has 0 aliphatic carbocycles. The fraction of sp³-hybridized carbons (Fsp3) is 0.500. The maximum Gasteiger partial charge on any atom is 0.162 e. The second-order valence-electron chi connectivity index (χ2n) is 4.51. The highest BCUT2D eigenvalue weighted by molar-refractivity contribution is 5.57. The Hall–Kier alpha value is -1.93. The van der Waals surface area contributed by atoms with E-state index in [1.807, 2.05) is 18.2 Å². The Morgan fingerprint density at radius 1 is 1.37 bits per heavy atom. The molecule has 1 N–H and O–H groups in total. The van der Waals surface area contributed by atoms with E-state index in [-0.39, 0.29) is 0 Å². The molecule has 2 rings (SSSR count). The molecule has 1 aromatic rings. The summed E-state index contributed by atoms with van der Waals surface area (Å²) in [6.45, 7) is 2.31. The second-order valence-corrected chi connectivity index (χ2v) is 4.51. The summed E-state index contributed by atoms with van der Waals surface area (Å²) in [6, 6.07) is 8.45. The standard InChI is InChI=1S/C14H19N3O2/c1-18-13-4-3-12(9-14(13)19-2)17-8-5-11(10-17)16-7-6-15/h3-4,9,11,16H,5,7-8,10H2,1-2H3. The molecule has 1 atom stereocenters. The number of hydrogen-bond acceptors (Lipinski definition) is 5. The van der Waals surface area contributed by atoms with E-state index >= 15 is 0 Å². The molecule has 5 heteroatoms. The molecule has 1 heterocycles. The van der Waals surface area contributed by atoms with E-state index in [2.05, 4.69) is 16.3 Å². The van der Waals surface area contributed by atoms with Gasteiger partial charge in [0.1, 0.15) is 0 Å². The summed E-state index contributed by atoms with van der Waals surface area (Å²) in [5, 5.41) is 11.8. The largest absolute Gasteiger partial charge is 0.493 e. The van der Waals surface area contributed by atoms with Crippen molar-refractivity contribution in [2.24, 2.45) is 0 Å². The average Bonchev–Trinajstić information content (AvgIpc) is 2.93. The summed E-state index contributed by atoms with van der Waals surface area (Å²) >= 11 is 0. The number of ether oxygens (including phenoxy) is 2. The summed E-state index contributed by atoms with van der Waals surface area (Å²) in [5.74, 6) is 1.48. The third-order valence-electron chi connectivity index (χ3n) is 3.39. The van der Waals surface area contributed by atoms with Crippen molar-refractivity contribution in [1.29, 1.82) is 5.26 Å². The van der Waals surface area contributed by atoms with Crippen LogP contribution in [0.1, 0.15) is 6.42 Å². The minimum atomic E-state index is 0.382. The number of methoxy groups -OCH3 is 2. The van der Waals surface area contributed by atoms with Crippen LogP contribution in [0.5, 0.6) is 11.5 Å². The number of nitriles is 1. The molecule has 1 saturated heterocycles. The van der Waals surface area contributed by atoms with Crippen LogP contribution < -0.4 is 19.7 Å². The van der Waals surface area contributed by atoms with Gasteiger partial charge in [0.2, 0.25) is 0 Å². The Labute approximate surface area is 113 Å². The first-order valence-corrected chi connectivity index (χ1v) is 6.35. The quantitative estimate of drug-likeness (QED) is 0.812. The molecular formula is C14H19N3O2. The Balaban J connectivity index is 2.05. The van der Waals surface area contributed by atoms with Crippen molar-refractivity contribution in [2.45, 2.75) is 12.5 Å². The van der Waals surface area contributed by atoms with Crippen LogP contribution in [0.3, 0.4) is 0 Å². The van der Waals surface area contributed by atoms with Gasteiger partial charge in [0.15, 0.2) is 11.5 Å². The number of benzene rings is 1. The maximum atomic E-state index is 8.58. The molecule has 0 bridgehead atoms. The molecule has 0 amide bonds. The molecule has 0 radical (unpaired) electrons. The lowest BCUT2D eigenvalue weighted by molar-refractivity contribution is 0.355. The molecule has 19 heavy (non-hydrogen) atoms. The second kappa shape index (κ2) is 6.30. The SMILES string of the molecule is COc1ccc(N2CCC(NCC#N)C2)cc1OC. The van der Waals surface area contributed by atoms with Crippen molar-refractivity contribution in [3.8, 4) is 17.6 Å². The van der Waals surface area contributed by atoms with E-state index in [1.54, 1.807) is 14.2 Å². The van der Waals surface area contributed by atoms with E-state index in [1.165, 1.54) is 0 Å². The summed E-state index contributed by atoms with van der Waals surface area (Å²) in [5.41, 5.74) is 1.12. The smallest absolute Gasteiger partial charge is 0.162 e. The minimum Gasteiger partial charge on any atom is -0.493 e. The van der Waals surface area contributed by atoms with Gasteiger partial charge in [-0.3, -0.25) is 5.32 Å². The molecule has 1 aliphatic rings. The van der Waals surface area contributed by atoms with Gasteiger partial charge in [-0.05, 0) is 18.6 Å². The Bertz CT molecular complexity index is 470. The van der Waals surface area contributed by atoms with Crippen LogP contribution in [0.15, 0.2) is 18.2 Å². The number of hydrogen-bond donors (Lipinski definition) is 1. The molecule has 0 saturated carbocycles. The average molecular weight is 261 g/mol. The third-order valence-corrected chi connectivity index (χ3v) is 3.39. The van der Waals surface area contributed by atoms with Gasteiger partial charge in [-0.2, -0.15) is 5.26 Å². The van der Waals surface area contributed by atoms with Crippen LogP contribution in [0.4, 0.5) is 5.69 Å². The summed E-state index contributed by atoms with van der Waals surface area (Å²) in [7, 11) is 3.28. The van der Waals surface area contributed by atoms with E-state index in [0.717, 1.165) is 36.7 Å². The van der Waals surface area contributed by atoms with E-state index in [4.69, 9.17) is 14.7 Å². The molecule has 1 fully saturated rings. The Morgan fingerprint density at radius 2 is 2.16 bits per heavy atom. The van der Waals surface area contributed by atoms with Crippen molar-refractivity contribution in [3.05, 3.63) is 18.2 Å². The molecule has 102 valence electrons. The topological polar surface area (TPSA) is 57.5 Å². The first-order chi connectivity index (χ1) is 9.28. The monoisotopic (exact) mass is 261 g/mol. The number of anilines is 1. The van der Waals surface area contributed by atoms with E-state index in [9.17, 15) is 0 Å². The molecule has 5 nitrogen and oxygen atoms in total. The predicted octanol–water partition coefficient (Wildman–Crippen LogP) is 1.40. The minimum absolute atomic E-state index is 0.382. The van der Waals surface area contributed by atoms with E-state index < -0.39 is 0 Å². The lowest BCUT2D eigenvalue weighted by Gasteiger charge is -2.20. The Kier molecular flexibility index (Phi) is 4.48. The van der Waals surface area contributed by atoms with Gasteiger partial charge in [0, 0.05) is 30.9 Å². The van der Waals surface area contributed by atoms with Gasteiger partial charge in [-0.25, -0.2) is 0 Å². The third kappa shape index (κ3) is 3.09. The molecular weight excluding hydrogens is 242 g/mol. The highest BCUT2D eigenvalue weighted by Crippen LogP contribution is 2.32. The van der Waals surface area contributed by atoms with Crippen molar-refractivity contribution < 1.29 is 9.47 Å². The molecule has 0 aromatic heterocycles. The van der Waals surface area contributed by atoms with Gasteiger partial charge < -0.3 is 14.4 Å². The van der Waals surface area contributed by atoms with Crippen LogP contribution in [0, 0.1) is 11.3 Å². The fourth-order valence-electron chi connectivity index (χ4n) is 2.37. The zero-order valence-corrected chi connectivity index (χ0v) is 11.3. The van der Waals surface area contributed by atoms with Crippen molar-refractivity contribution in [1.82, 2.24) is 5.32 Å². The lowest BCUT2D eigenvalue weighted by Crippen LogP contribution is -2.32. The van der Waals surface area contributed by atoms with Gasteiger partial charge in [-0.15, -0.1) is 0 Å². The molecule has 1 aromatic carbocycles. The molecule has 1 aliphatic heterocycles. The summed E-state index contributed by atoms with van der Waals surface area (Å²) in [6.07, 6.45) is 1.05. The van der Waals surface area contributed by atoms with Gasteiger partial charge in [0.05, 0.1) is 26.8 Å². The van der Waals surface area contributed by atoms with Crippen LogP contribution in [-0.4, -0.2) is 39.9 Å².